The summed E-state index contributed by atoms with van der Waals surface area (Å²) in [6.07, 6.45) is 1.59. The van der Waals surface area contributed by atoms with Crippen molar-refractivity contribution in [2.24, 2.45) is 0 Å². The molecule has 2 rings (SSSR count). The molecule has 1 aromatic heterocycles. The predicted molar refractivity (Wildman–Crippen MR) is 80.1 cm³/mol. The second-order valence-corrected chi connectivity index (χ2v) is 5.13. The molecule has 0 radical (unpaired) electrons. The Balaban J connectivity index is 2.54. The molecule has 1 aromatic carbocycles. The highest BCUT2D eigenvalue weighted by molar-refractivity contribution is 6.17. The van der Waals surface area contributed by atoms with Crippen LogP contribution in [0.2, 0.25) is 0 Å². The van der Waals surface area contributed by atoms with Crippen molar-refractivity contribution in [1.82, 2.24) is 9.55 Å². The molecule has 1 atom stereocenters. The number of nitrogens with zero attached hydrogens (tertiary/aromatic N) is 3. The molecule has 1 heterocycles. The molecule has 0 aliphatic heterocycles. The molecule has 0 saturated carbocycles. The fraction of sp³-hybridized carbons (Fsp3) is 0.467. The summed E-state index contributed by atoms with van der Waals surface area (Å²) in [4.78, 5) is 4.62. The minimum Gasteiger partial charge on any atom is -0.385 e. The molecule has 0 aliphatic rings. The third-order valence-corrected chi connectivity index (χ3v) is 3.60. The number of hydrogen-bond acceptors (Lipinski definition) is 3. The zero-order chi connectivity index (χ0) is 14.5. The molecule has 0 saturated heterocycles. The summed E-state index contributed by atoms with van der Waals surface area (Å²) >= 11 is 5.88. The summed E-state index contributed by atoms with van der Waals surface area (Å²) in [5, 5.41) is 9.20. The minimum absolute atomic E-state index is 0.257. The topological polar surface area (TPSA) is 50.8 Å². The molecular weight excluding hydrogens is 274 g/mol. The van der Waals surface area contributed by atoms with Gasteiger partial charge in [0.15, 0.2) is 0 Å². The largest absolute Gasteiger partial charge is 0.385 e. The fourth-order valence-corrected chi connectivity index (χ4v) is 2.59. The van der Waals surface area contributed by atoms with Crippen molar-refractivity contribution in [3.05, 3.63) is 29.6 Å². The number of aryl methyl sites for hydroxylation is 1. The number of para-hydroxylation sites is 1. The zero-order valence-electron chi connectivity index (χ0n) is 11.8. The van der Waals surface area contributed by atoms with Gasteiger partial charge in [-0.15, -0.1) is 11.6 Å². The van der Waals surface area contributed by atoms with Crippen molar-refractivity contribution >= 4 is 22.6 Å². The molecule has 5 heteroatoms. The SMILES string of the molecule is COCCC(C)n1c(CCCl)nc2c(C#N)cccc21. The Kier molecular flexibility index (Phi) is 4.99. The van der Waals surface area contributed by atoms with Crippen LogP contribution in [0, 0.1) is 11.3 Å². The molecule has 106 valence electrons. The molecule has 0 spiro atoms. The van der Waals surface area contributed by atoms with Crippen molar-refractivity contribution < 1.29 is 4.74 Å². The van der Waals surface area contributed by atoms with E-state index in [0.29, 0.717) is 24.5 Å². The first-order valence-electron chi connectivity index (χ1n) is 6.67. The summed E-state index contributed by atoms with van der Waals surface area (Å²) in [7, 11) is 1.70. The van der Waals surface area contributed by atoms with Crippen molar-refractivity contribution in [3.63, 3.8) is 0 Å². The number of aromatic nitrogens is 2. The van der Waals surface area contributed by atoms with Gasteiger partial charge >= 0.3 is 0 Å². The van der Waals surface area contributed by atoms with Crippen LogP contribution < -0.4 is 0 Å². The van der Waals surface area contributed by atoms with Crippen LogP contribution in [-0.2, 0) is 11.2 Å². The van der Waals surface area contributed by atoms with Gasteiger partial charge < -0.3 is 9.30 Å². The maximum atomic E-state index is 9.20. The van der Waals surface area contributed by atoms with Crippen LogP contribution >= 0.6 is 11.6 Å². The van der Waals surface area contributed by atoms with E-state index in [9.17, 15) is 5.26 Å². The maximum absolute atomic E-state index is 9.20. The van der Waals surface area contributed by atoms with E-state index < -0.39 is 0 Å². The Morgan fingerprint density at radius 1 is 1.50 bits per heavy atom. The fourth-order valence-electron chi connectivity index (χ4n) is 2.43. The first kappa shape index (κ1) is 14.8. The lowest BCUT2D eigenvalue weighted by molar-refractivity contribution is 0.181. The van der Waals surface area contributed by atoms with Crippen LogP contribution in [0.15, 0.2) is 18.2 Å². The number of ether oxygens (including phenoxy) is 1. The highest BCUT2D eigenvalue weighted by Gasteiger charge is 2.17. The van der Waals surface area contributed by atoms with Crippen LogP contribution in [0.25, 0.3) is 11.0 Å². The maximum Gasteiger partial charge on any atom is 0.111 e. The van der Waals surface area contributed by atoms with Crippen LogP contribution in [0.4, 0.5) is 0 Å². The molecular formula is C15H18ClN3O. The van der Waals surface area contributed by atoms with Gasteiger partial charge in [-0.2, -0.15) is 5.26 Å². The molecule has 0 bridgehead atoms. The van der Waals surface area contributed by atoms with E-state index >= 15 is 0 Å². The van der Waals surface area contributed by atoms with Gasteiger partial charge in [-0.25, -0.2) is 4.98 Å². The number of hydrogen-bond donors (Lipinski definition) is 0. The van der Waals surface area contributed by atoms with Crippen LogP contribution in [-0.4, -0.2) is 29.1 Å². The Morgan fingerprint density at radius 2 is 2.30 bits per heavy atom. The average molecular weight is 292 g/mol. The highest BCUT2D eigenvalue weighted by atomic mass is 35.5. The summed E-state index contributed by atoms with van der Waals surface area (Å²) in [5.41, 5.74) is 2.36. The van der Waals surface area contributed by atoms with Gasteiger partial charge in [-0.1, -0.05) is 6.07 Å². The second-order valence-electron chi connectivity index (χ2n) is 4.75. The van der Waals surface area contributed by atoms with Crippen LogP contribution in [0.3, 0.4) is 0 Å². The van der Waals surface area contributed by atoms with Gasteiger partial charge in [0.2, 0.25) is 0 Å². The first-order valence-corrected chi connectivity index (χ1v) is 7.21. The lowest BCUT2D eigenvalue weighted by Crippen LogP contribution is -2.12. The number of imidazole rings is 1. The predicted octanol–water partition coefficient (Wildman–Crippen LogP) is 3.29. The Morgan fingerprint density at radius 3 is 2.95 bits per heavy atom. The van der Waals surface area contributed by atoms with E-state index in [1.54, 1.807) is 13.2 Å². The van der Waals surface area contributed by atoms with E-state index in [-0.39, 0.29) is 6.04 Å². The van der Waals surface area contributed by atoms with Crippen LogP contribution in [0.1, 0.15) is 30.8 Å². The molecule has 2 aromatic rings. The lowest BCUT2D eigenvalue weighted by atomic mass is 10.2. The summed E-state index contributed by atoms with van der Waals surface area (Å²) in [5.74, 6) is 1.45. The quantitative estimate of drug-likeness (QED) is 0.767. The van der Waals surface area contributed by atoms with Gasteiger partial charge in [-0.05, 0) is 25.5 Å². The van der Waals surface area contributed by atoms with Gasteiger partial charge in [0.25, 0.3) is 0 Å². The van der Waals surface area contributed by atoms with Crippen molar-refractivity contribution in [2.45, 2.75) is 25.8 Å². The lowest BCUT2D eigenvalue weighted by Gasteiger charge is -2.17. The molecule has 20 heavy (non-hydrogen) atoms. The zero-order valence-corrected chi connectivity index (χ0v) is 12.5. The molecule has 0 N–H and O–H groups in total. The average Bonchev–Trinajstić information content (AvgIpc) is 2.83. The molecule has 0 amide bonds. The molecule has 0 aliphatic carbocycles. The van der Waals surface area contributed by atoms with E-state index in [2.05, 4.69) is 22.5 Å². The molecule has 4 nitrogen and oxygen atoms in total. The van der Waals surface area contributed by atoms with Gasteiger partial charge in [-0.3, -0.25) is 0 Å². The van der Waals surface area contributed by atoms with Crippen molar-refractivity contribution in [3.8, 4) is 6.07 Å². The number of rotatable bonds is 6. The van der Waals surface area contributed by atoms with E-state index in [4.69, 9.17) is 16.3 Å². The minimum atomic E-state index is 0.257. The van der Waals surface area contributed by atoms with Gasteiger partial charge in [0.1, 0.15) is 17.4 Å². The molecule has 1 unspecified atom stereocenters. The second kappa shape index (κ2) is 6.74. The van der Waals surface area contributed by atoms with Crippen molar-refractivity contribution in [1.29, 1.82) is 5.26 Å². The normalized spacial score (nSPS) is 12.5. The van der Waals surface area contributed by atoms with Crippen molar-refractivity contribution in [2.75, 3.05) is 19.6 Å². The summed E-state index contributed by atoms with van der Waals surface area (Å²) in [6.45, 7) is 2.83. The Labute approximate surface area is 123 Å². The van der Waals surface area contributed by atoms with E-state index in [1.807, 2.05) is 12.1 Å². The van der Waals surface area contributed by atoms with Gasteiger partial charge in [0, 0.05) is 32.1 Å². The van der Waals surface area contributed by atoms with E-state index in [1.165, 1.54) is 0 Å². The Hall–Kier alpha value is -1.57. The Bertz CT molecular complexity index is 630. The summed E-state index contributed by atoms with van der Waals surface area (Å²) < 4.78 is 7.33. The molecule has 0 fully saturated rings. The number of alkyl halides is 1. The van der Waals surface area contributed by atoms with Crippen LogP contribution in [0.5, 0.6) is 0 Å². The van der Waals surface area contributed by atoms with E-state index in [0.717, 1.165) is 23.3 Å². The number of benzene rings is 1. The number of nitriles is 1. The smallest absolute Gasteiger partial charge is 0.111 e. The summed E-state index contributed by atoms with van der Waals surface area (Å²) in [6, 6.07) is 8.15. The number of methoxy groups -OCH3 is 1. The monoisotopic (exact) mass is 291 g/mol. The first-order chi connectivity index (χ1) is 9.72. The number of fused-ring (bicyclic) bond motifs is 1. The van der Waals surface area contributed by atoms with Gasteiger partial charge in [0.05, 0.1) is 11.1 Å². The third-order valence-electron chi connectivity index (χ3n) is 3.41. The number of halogens is 1. The highest BCUT2D eigenvalue weighted by Crippen LogP contribution is 2.25. The standard InChI is InChI=1S/C15H18ClN3O/c1-11(7-9-20-2)19-13-5-3-4-12(10-17)15(13)18-14(19)6-8-16/h3-5,11H,6-9H2,1-2H3. The third kappa shape index (κ3) is 2.79.